The lowest BCUT2D eigenvalue weighted by molar-refractivity contribution is 0.507. The first-order chi connectivity index (χ1) is 9.65. The summed E-state index contributed by atoms with van der Waals surface area (Å²) in [5, 5.41) is 0. The van der Waals surface area contributed by atoms with Crippen LogP contribution in [-0.4, -0.2) is 9.97 Å². The van der Waals surface area contributed by atoms with Crippen molar-refractivity contribution in [3.05, 3.63) is 60.1 Å². The number of hydrogen-bond acceptors (Lipinski definition) is 3. The molecule has 20 heavy (non-hydrogen) atoms. The highest BCUT2D eigenvalue weighted by Crippen LogP contribution is 2.26. The van der Waals surface area contributed by atoms with Crippen LogP contribution in [0.5, 0.6) is 0 Å². The summed E-state index contributed by atoms with van der Waals surface area (Å²) < 4.78 is 31.4. The molecule has 0 fully saturated rings. The Morgan fingerprint density at radius 3 is 2.70 bits per heavy atom. The van der Waals surface area contributed by atoms with Gasteiger partial charge < -0.3 is 4.42 Å². The van der Waals surface area contributed by atoms with Gasteiger partial charge in [-0.1, -0.05) is 0 Å². The molecule has 0 saturated carbocycles. The molecular weight excluding hydrogens is 262 g/mol. The van der Waals surface area contributed by atoms with Gasteiger partial charge in [0.15, 0.2) is 11.6 Å². The van der Waals surface area contributed by atoms with E-state index in [4.69, 9.17) is 4.42 Å². The molecule has 2 heterocycles. The normalized spacial score (nSPS) is 10.8. The van der Waals surface area contributed by atoms with E-state index in [1.807, 2.05) is 13.0 Å². The molecule has 0 bridgehead atoms. The van der Waals surface area contributed by atoms with E-state index in [2.05, 4.69) is 9.97 Å². The van der Waals surface area contributed by atoms with Gasteiger partial charge in [-0.2, -0.15) is 0 Å². The van der Waals surface area contributed by atoms with Crippen LogP contribution >= 0.6 is 0 Å². The Labute approximate surface area is 113 Å². The summed E-state index contributed by atoms with van der Waals surface area (Å²) in [5.74, 6) is -1.59. The number of aromatic nitrogens is 2. The Balaban J connectivity index is 2.02. The third-order valence-corrected chi connectivity index (χ3v) is 2.99. The van der Waals surface area contributed by atoms with Crippen molar-refractivity contribution in [3.63, 3.8) is 0 Å². The van der Waals surface area contributed by atoms with Crippen molar-refractivity contribution in [2.45, 2.75) is 6.92 Å². The second-order valence-electron chi connectivity index (χ2n) is 4.36. The summed E-state index contributed by atoms with van der Waals surface area (Å²) in [4.78, 5) is 8.32. The summed E-state index contributed by atoms with van der Waals surface area (Å²) in [6.07, 6.45) is 4.85. The lowest BCUT2D eigenvalue weighted by Crippen LogP contribution is -1.87. The number of nitrogens with zero attached hydrogens (tertiary/aromatic N) is 2. The molecule has 0 saturated heterocycles. The quantitative estimate of drug-likeness (QED) is 0.708. The Morgan fingerprint density at radius 2 is 1.95 bits per heavy atom. The SMILES string of the molecule is Cc1ccncc1-c1coc(-c2ccc(F)c(F)c2)n1. The summed E-state index contributed by atoms with van der Waals surface area (Å²) in [6, 6.07) is 5.39. The summed E-state index contributed by atoms with van der Waals surface area (Å²) in [5.41, 5.74) is 2.84. The molecule has 0 radical (unpaired) electrons. The fourth-order valence-corrected chi connectivity index (χ4v) is 1.89. The Morgan fingerprint density at radius 1 is 1.10 bits per heavy atom. The zero-order valence-electron chi connectivity index (χ0n) is 10.6. The van der Waals surface area contributed by atoms with E-state index in [0.29, 0.717) is 11.3 Å². The fourth-order valence-electron chi connectivity index (χ4n) is 1.89. The molecule has 1 aromatic carbocycles. The monoisotopic (exact) mass is 272 g/mol. The van der Waals surface area contributed by atoms with E-state index in [1.165, 1.54) is 12.3 Å². The van der Waals surface area contributed by atoms with Crippen LogP contribution in [0, 0.1) is 18.6 Å². The van der Waals surface area contributed by atoms with Crippen molar-refractivity contribution >= 4 is 0 Å². The average Bonchev–Trinajstić information content (AvgIpc) is 2.92. The van der Waals surface area contributed by atoms with E-state index in [9.17, 15) is 8.78 Å². The van der Waals surface area contributed by atoms with Gasteiger partial charge in [0.1, 0.15) is 12.0 Å². The molecule has 0 unspecified atom stereocenters. The minimum absolute atomic E-state index is 0.238. The van der Waals surface area contributed by atoms with Crippen LogP contribution in [0.1, 0.15) is 5.56 Å². The van der Waals surface area contributed by atoms with Crippen molar-refractivity contribution in [3.8, 4) is 22.7 Å². The van der Waals surface area contributed by atoms with E-state index >= 15 is 0 Å². The average molecular weight is 272 g/mol. The molecule has 3 nitrogen and oxygen atoms in total. The predicted molar refractivity (Wildman–Crippen MR) is 69.8 cm³/mol. The summed E-state index contributed by atoms with van der Waals surface area (Å²) >= 11 is 0. The molecular formula is C15H10F2N2O. The number of halogens is 2. The van der Waals surface area contributed by atoms with E-state index in [1.54, 1.807) is 12.4 Å². The largest absolute Gasteiger partial charge is 0.444 e. The van der Waals surface area contributed by atoms with Crippen molar-refractivity contribution in [1.82, 2.24) is 9.97 Å². The number of rotatable bonds is 2. The molecule has 0 atom stereocenters. The van der Waals surface area contributed by atoms with Gasteiger partial charge in [-0.3, -0.25) is 4.98 Å². The zero-order chi connectivity index (χ0) is 14.1. The van der Waals surface area contributed by atoms with E-state index in [0.717, 1.165) is 23.3 Å². The van der Waals surface area contributed by atoms with Crippen molar-refractivity contribution < 1.29 is 13.2 Å². The van der Waals surface area contributed by atoms with Crippen LogP contribution in [0.3, 0.4) is 0 Å². The minimum Gasteiger partial charge on any atom is -0.444 e. The molecule has 0 aliphatic carbocycles. The van der Waals surface area contributed by atoms with Crippen molar-refractivity contribution in [2.24, 2.45) is 0 Å². The molecule has 100 valence electrons. The smallest absolute Gasteiger partial charge is 0.226 e. The van der Waals surface area contributed by atoms with Gasteiger partial charge in [0, 0.05) is 23.5 Å². The van der Waals surface area contributed by atoms with Crippen LogP contribution in [0.25, 0.3) is 22.7 Å². The topological polar surface area (TPSA) is 38.9 Å². The highest BCUT2D eigenvalue weighted by Gasteiger charge is 2.12. The van der Waals surface area contributed by atoms with E-state index in [-0.39, 0.29) is 5.89 Å². The van der Waals surface area contributed by atoms with Crippen LogP contribution < -0.4 is 0 Å². The van der Waals surface area contributed by atoms with Crippen LogP contribution in [0.2, 0.25) is 0 Å². The molecule has 0 aliphatic rings. The number of aryl methyl sites for hydroxylation is 1. The Hall–Kier alpha value is -2.56. The van der Waals surface area contributed by atoms with Gasteiger partial charge in [-0.05, 0) is 36.8 Å². The van der Waals surface area contributed by atoms with Crippen molar-refractivity contribution in [2.75, 3.05) is 0 Å². The van der Waals surface area contributed by atoms with Gasteiger partial charge in [0.05, 0.1) is 0 Å². The highest BCUT2D eigenvalue weighted by molar-refractivity contribution is 5.64. The standard InChI is InChI=1S/C15H10F2N2O/c1-9-4-5-18-7-11(9)14-8-20-15(19-14)10-2-3-12(16)13(17)6-10/h2-8H,1H3. The molecule has 0 aliphatic heterocycles. The number of oxazole rings is 1. The predicted octanol–water partition coefficient (Wildman–Crippen LogP) is 3.99. The summed E-state index contributed by atoms with van der Waals surface area (Å²) in [6.45, 7) is 1.93. The fraction of sp³-hybridized carbons (Fsp3) is 0.0667. The van der Waals surface area contributed by atoms with Gasteiger partial charge >= 0.3 is 0 Å². The van der Waals surface area contributed by atoms with E-state index < -0.39 is 11.6 Å². The first-order valence-electron chi connectivity index (χ1n) is 5.97. The van der Waals surface area contributed by atoms with Gasteiger partial charge in [0.25, 0.3) is 0 Å². The van der Waals surface area contributed by atoms with Gasteiger partial charge in [-0.15, -0.1) is 0 Å². The highest BCUT2D eigenvalue weighted by atomic mass is 19.2. The first-order valence-corrected chi connectivity index (χ1v) is 5.97. The molecule has 5 heteroatoms. The molecule has 0 N–H and O–H groups in total. The molecule has 3 rings (SSSR count). The first kappa shape index (κ1) is 12.5. The zero-order valence-corrected chi connectivity index (χ0v) is 10.6. The molecule has 0 spiro atoms. The second-order valence-corrected chi connectivity index (χ2v) is 4.36. The Kier molecular flexibility index (Phi) is 3.02. The third-order valence-electron chi connectivity index (χ3n) is 2.99. The number of pyridine rings is 1. The number of benzene rings is 1. The third kappa shape index (κ3) is 2.18. The lowest BCUT2D eigenvalue weighted by atomic mass is 10.1. The minimum atomic E-state index is -0.931. The second kappa shape index (κ2) is 4.85. The molecule has 2 aromatic heterocycles. The van der Waals surface area contributed by atoms with Crippen LogP contribution in [0.4, 0.5) is 8.78 Å². The number of hydrogen-bond donors (Lipinski definition) is 0. The lowest BCUT2D eigenvalue weighted by Gasteiger charge is -1.99. The maximum Gasteiger partial charge on any atom is 0.226 e. The molecule has 3 aromatic rings. The Bertz CT molecular complexity index is 768. The van der Waals surface area contributed by atoms with Crippen LogP contribution in [-0.2, 0) is 0 Å². The maximum atomic E-state index is 13.2. The van der Waals surface area contributed by atoms with Gasteiger partial charge in [-0.25, -0.2) is 13.8 Å². The van der Waals surface area contributed by atoms with Gasteiger partial charge in [0.2, 0.25) is 5.89 Å². The maximum absolute atomic E-state index is 13.2. The van der Waals surface area contributed by atoms with Crippen molar-refractivity contribution in [1.29, 1.82) is 0 Å². The summed E-state index contributed by atoms with van der Waals surface area (Å²) in [7, 11) is 0. The molecule has 0 amide bonds. The van der Waals surface area contributed by atoms with Crippen LogP contribution in [0.15, 0.2) is 47.3 Å².